The first-order valence-corrected chi connectivity index (χ1v) is 6.80. The molecule has 19 heavy (non-hydrogen) atoms. The highest BCUT2D eigenvalue weighted by molar-refractivity contribution is 7.80. The summed E-state index contributed by atoms with van der Waals surface area (Å²) < 4.78 is 0. The number of nitrogens with one attached hydrogen (secondary N) is 1. The van der Waals surface area contributed by atoms with E-state index in [4.69, 9.17) is 18.0 Å². The van der Waals surface area contributed by atoms with Gasteiger partial charge in [0.1, 0.15) is 0 Å². The summed E-state index contributed by atoms with van der Waals surface area (Å²) in [6.45, 7) is 5.61. The van der Waals surface area contributed by atoms with Gasteiger partial charge in [-0.15, -0.1) is 0 Å². The summed E-state index contributed by atoms with van der Waals surface area (Å²) >= 11 is 4.89. The molecule has 4 nitrogen and oxygen atoms in total. The zero-order valence-corrected chi connectivity index (χ0v) is 12.3. The molecule has 0 aliphatic heterocycles. The van der Waals surface area contributed by atoms with Gasteiger partial charge in [0, 0.05) is 12.2 Å². The van der Waals surface area contributed by atoms with Crippen molar-refractivity contribution < 1.29 is 4.79 Å². The third kappa shape index (κ3) is 5.81. The Morgan fingerprint density at radius 3 is 2.63 bits per heavy atom. The molecule has 1 aromatic rings. The molecule has 1 rings (SSSR count). The number of hydrogen-bond donors (Lipinski definition) is 2. The van der Waals surface area contributed by atoms with Crippen LogP contribution in [-0.4, -0.2) is 35.4 Å². The van der Waals surface area contributed by atoms with Crippen LogP contribution in [0.15, 0.2) is 24.3 Å². The fourth-order valence-electron chi connectivity index (χ4n) is 1.86. The van der Waals surface area contributed by atoms with E-state index in [2.05, 4.69) is 12.2 Å². The fourth-order valence-corrected chi connectivity index (χ4v) is 2.04. The number of carbonyl (C=O) groups is 1. The number of amides is 1. The van der Waals surface area contributed by atoms with Crippen molar-refractivity contribution in [1.29, 1.82) is 0 Å². The Morgan fingerprint density at radius 1 is 1.37 bits per heavy atom. The van der Waals surface area contributed by atoms with Crippen LogP contribution >= 0.6 is 12.2 Å². The van der Waals surface area contributed by atoms with Crippen LogP contribution in [0.4, 0.5) is 5.69 Å². The van der Waals surface area contributed by atoms with E-state index in [-0.39, 0.29) is 5.91 Å². The third-order valence-corrected chi connectivity index (χ3v) is 2.83. The van der Waals surface area contributed by atoms with E-state index in [1.807, 2.05) is 36.1 Å². The van der Waals surface area contributed by atoms with E-state index in [1.54, 1.807) is 0 Å². The number of aryl methyl sites for hydroxylation is 1. The summed E-state index contributed by atoms with van der Waals surface area (Å²) in [6.07, 6.45) is 0.959. The highest BCUT2D eigenvalue weighted by Gasteiger charge is 2.11. The predicted octanol–water partition coefficient (Wildman–Crippen LogP) is 1.93. The fraction of sp³-hybridized carbons (Fsp3) is 0.429. The van der Waals surface area contributed by atoms with Crippen LogP contribution < -0.4 is 11.1 Å². The maximum Gasteiger partial charge on any atom is 0.238 e. The van der Waals surface area contributed by atoms with Gasteiger partial charge in [0.2, 0.25) is 5.91 Å². The van der Waals surface area contributed by atoms with E-state index in [0.29, 0.717) is 18.1 Å². The zero-order chi connectivity index (χ0) is 14.3. The van der Waals surface area contributed by atoms with Crippen molar-refractivity contribution in [2.45, 2.75) is 20.3 Å². The molecule has 0 bridgehead atoms. The molecule has 0 saturated heterocycles. The number of rotatable bonds is 7. The molecule has 0 atom stereocenters. The van der Waals surface area contributed by atoms with Crippen molar-refractivity contribution in [2.24, 2.45) is 5.73 Å². The SMILES string of the molecule is CCCN(CC(=O)Nc1ccccc1C)CC(N)=S. The summed E-state index contributed by atoms with van der Waals surface area (Å²) in [5.74, 6) is -0.0426. The second-order valence-corrected chi connectivity index (χ2v) is 5.06. The smallest absolute Gasteiger partial charge is 0.238 e. The standard InChI is InChI=1S/C14H21N3OS/c1-3-8-17(9-13(15)19)10-14(18)16-12-7-5-4-6-11(12)2/h4-7H,3,8-10H2,1-2H3,(H2,15,19)(H,16,18). The number of benzene rings is 1. The van der Waals surface area contributed by atoms with Crippen molar-refractivity contribution in [3.63, 3.8) is 0 Å². The minimum atomic E-state index is -0.0426. The Hall–Kier alpha value is -1.46. The van der Waals surface area contributed by atoms with Crippen molar-refractivity contribution in [2.75, 3.05) is 25.0 Å². The average Bonchev–Trinajstić information content (AvgIpc) is 2.31. The summed E-state index contributed by atoms with van der Waals surface area (Å²) in [5.41, 5.74) is 7.43. The molecule has 5 heteroatoms. The molecule has 0 aliphatic rings. The van der Waals surface area contributed by atoms with Gasteiger partial charge in [-0.05, 0) is 31.5 Å². The van der Waals surface area contributed by atoms with Crippen LogP contribution in [0.5, 0.6) is 0 Å². The topological polar surface area (TPSA) is 58.4 Å². The second-order valence-electron chi connectivity index (χ2n) is 4.54. The van der Waals surface area contributed by atoms with Gasteiger partial charge < -0.3 is 11.1 Å². The second kappa shape index (κ2) is 7.86. The molecule has 0 fully saturated rings. The Bertz CT molecular complexity index is 448. The summed E-state index contributed by atoms with van der Waals surface area (Å²) in [6, 6.07) is 7.71. The molecule has 104 valence electrons. The number of carbonyl (C=O) groups excluding carboxylic acids is 1. The van der Waals surface area contributed by atoms with Crippen LogP contribution in [0, 0.1) is 6.92 Å². The summed E-state index contributed by atoms with van der Waals surface area (Å²) in [4.78, 5) is 14.4. The van der Waals surface area contributed by atoms with Crippen molar-refractivity contribution in [3.8, 4) is 0 Å². The van der Waals surface area contributed by atoms with Gasteiger partial charge in [0.15, 0.2) is 0 Å². The van der Waals surface area contributed by atoms with Gasteiger partial charge in [0.05, 0.1) is 11.5 Å². The Balaban J connectivity index is 2.57. The molecule has 0 aliphatic carbocycles. The van der Waals surface area contributed by atoms with E-state index >= 15 is 0 Å². The lowest BCUT2D eigenvalue weighted by Crippen LogP contribution is -2.39. The molecule has 0 radical (unpaired) electrons. The summed E-state index contributed by atoms with van der Waals surface area (Å²) in [7, 11) is 0. The largest absolute Gasteiger partial charge is 0.392 e. The number of para-hydroxylation sites is 1. The minimum Gasteiger partial charge on any atom is -0.392 e. The maximum atomic E-state index is 12.0. The van der Waals surface area contributed by atoms with Crippen LogP contribution in [0.2, 0.25) is 0 Å². The van der Waals surface area contributed by atoms with Crippen LogP contribution in [0.25, 0.3) is 0 Å². The third-order valence-electron chi connectivity index (χ3n) is 2.71. The molecule has 1 amide bonds. The molecule has 0 aromatic heterocycles. The Kier molecular flexibility index (Phi) is 6.45. The molecule has 0 heterocycles. The van der Waals surface area contributed by atoms with E-state index in [1.165, 1.54) is 0 Å². The first-order chi connectivity index (χ1) is 9.02. The molecule has 0 spiro atoms. The van der Waals surface area contributed by atoms with Gasteiger partial charge in [0.25, 0.3) is 0 Å². The number of thiocarbonyl (C=S) groups is 1. The minimum absolute atomic E-state index is 0.0426. The van der Waals surface area contributed by atoms with E-state index in [0.717, 1.165) is 24.2 Å². The van der Waals surface area contributed by atoms with Crippen molar-refractivity contribution in [1.82, 2.24) is 4.90 Å². The zero-order valence-electron chi connectivity index (χ0n) is 11.5. The van der Waals surface area contributed by atoms with Crippen LogP contribution in [-0.2, 0) is 4.79 Å². The number of nitrogens with zero attached hydrogens (tertiary/aromatic N) is 1. The lowest BCUT2D eigenvalue weighted by atomic mass is 10.2. The Morgan fingerprint density at radius 2 is 2.05 bits per heavy atom. The monoisotopic (exact) mass is 279 g/mol. The van der Waals surface area contributed by atoms with Gasteiger partial charge in [-0.2, -0.15) is 0 Å². The van der Waals surface area contributed by atoms with E-state index < -0.39 is 0 Å². The van der Waals surface area contributed by atoms with Gasteiger partial charge in [-0.3, -0.25) is 9.69 Å². The van der Waals surface area contributed by atoms with Crippen LogP contribution in [0.3, 0.4) is 0 Å². The lowest BCUT2D eigenvalue weighted by Gasteiger charge is -2.20. The number of hydrogen-bond acceptors (Lipinski definition) is 3. The van der Waals surface area contributed by atoms with Gasteiger partial charge in [-0.1, -0.05) is 37.3 Å². The summed E-state index contributed by atoms with van der Waals surface area (Å²) in [5, 5.41) is 2.91. The van der Waals surface area contributed by atoms with Crippen molar-refractivity contribution in [3.05, 3.63) is 29.8 Å². The van der Waals surface area contributed by atoms with E-state index in [9.17, 15) is 4.79 Å². The molecular formula is C14H21N3OS. The van der Waals surface area contributed by atoms with Gasteiger partial charge >= 0.3 is 0 Å². The van der Waals surface area contributed by atoms with Crippen molar-refractivity contribution >= 4 is 28.8 Å². The molecule has 0 saturated carbocycles. The molecule has 0 unspecified atom stereocenters. The molecule has 3 N–H and O–H groups in total. The molecular weight excluding hydrogens is 258 g/mol. The number of anilines is 1. The normalized spacial score (nSPS) is 10.5. The molecule has 1 aromatic carbocycles. The first kappa shape index (κ1) is 15.6. The highest BCUT2D eigenvalue weighted by Crippen LogP contribution is 2.12. The van der Waals surface area contributed by atoms with Gasteiger partial charge in [-0.25, -0.2) is 0 Å². The average molecular weight is 279 g/mol. The quantitative estimate of drug-likeness (QED) is 0.749. The maximum absolute atomic E-state index is 12.0. The number of nitrogens with two attached hydrogens (primary N) is 1. The first-order valence-electron chi connectivity index (χ1n) is 6.39. The lowest BCUT2D eigenvalue weighted by molar-refractivity contribution is -0.117. The predicted molar refractivity (Wildman–Crippen MR) is 83.3 cm³/mol. The van der Waals surface area contributed by atoms with Crippen LogP contribution in [0.1, 0.15) is 18.9 Å². The Labute approximate surface area is 120 Å². The highest BCUT2D eigenvalue weighted by atomic mass is 32.1.